The molecule has 1 aliphatic heterocycles. The van der Waals surface area contributed by atoms with Crippen molar-refractivity contribution in [2.75, 3.05) is 26.7 Å². The SMILES string of the molecule is CC(C)CNC(=O)[C@@H]1CCCN(C)C1. The van der Waals surface area contributed by atoms with E-state index < -0.39 is 0 Å². The lowest BCUT2D eigenvalue weighted by molar-refractivity contribution is -0.126. The Morgan fingerprint density at radius 2 is 2.29 bits per heavy atom. The van der Waals surface area contributed by atoms with E-state index in [-0.39, 0.29) is 11.8 Å². The van der Waals surface area contributed by atoms with Gasteiger partial charge >= 0.3 is 0 Å². The number of amides is 1. The van der Waals surface area contributed by atoms with Crippen LogP contribution in [0.4, 0.5) is 0 Å². The van der Waals surface area contributed by atoms with E-state index in [0.29, 0.717) is 5.92 Å². The van der Waals surface area contributed by atoms with Crippen molar-refractivity contribution < 1.29 is 4.79 Å². The van der Waals surface area contributed by atoms with Gasteiger partial charge in [-0.25, -0.2) is 0 Å². The highest BCUT2D eigenvalue weighted by atomic mass is 16.1. The molecule has 0 aromatic carbocycles. The van der Waals surface area contributed by atoms with Gasteiger partial charge in [0.1, 0.15) is 0 Å². The number of carbonyl (C=O) groups is 1. The summed E-state index contributed by atoms with van der Waals surface area (Å²) in [5.74, 6) is 0.998. The summed E-state index contributed by atoms with van der Waals surface area (Å²) in [6.45, 7) is 7.09. The minimum absolute atomic E-state index is 0.215. The molecule has 0 radical (unpaired) electrons. The van der Waals surface area contributed by atoms with Crippen LogP contribution in [0.1, 0.15) is 26.7 Å². The van der Waals surface area contributed by atoms with Crippen LogP contribution < -0.4 is 5.32 Å². The highest BCUT2D eigenvalue weighted by Crippen LogP contribution is 2.14. The number of rotatable bonds is 3. The Kier molecular flexibility index (Phi) is 4.39. The lowest BCUT2D eigenvalue weighted by Gasteiger charge is -2.28. The van der Waals surface area contributed by atoms with Crippen LogP contribution in [-0.4, -0.2) is 37.5 Å². The summed E-state index contributed by atoms with van der Waals surface area (Å²) in [7, 11) is 2.09. The minimum Gasteiger partial charge on any atom is -0.356 e. The van der Waals surface area contributed by atoms with Gasteiger partial charge in [-0.3, -0.25) is 4.79 Å². The quantitative estimate of drug-likeness (QED) is 0.736. The second-order valence-corrected chi connectivity index (χ2v) is 4.74. The predicted molar refractivity (Wildman–Crippen MR) is 58.1 cm³/mol. The van der Waals surface area contributed by atoms with Crippen LogP contribution in [0.5, 0.6) is 0 Å². The molecule has 0 aliphatic carbocycles. The van der Waals surface area contributed by atoms with Gasteiger partial charge in [0.25, 0.3) is 0 Å². The van der Waals surface area contributed by atoms with Gasteiger partial charge in [0.05, 0.1) is 5.92 Å². The van der Waals surface area contributed by atoms with Crippen LogP contribution in [0.15, 0.2) is 0 Å². The van der Waals surface area contributed by atoms with Gasteiger partial charge in [-0.2, -0.15) is 0 Å². The molecule has 14 heavy (non-hydrogen) atoms. The van der Waals surface area contributed by atoms with Crippen molar-refractivity contribution in [1.82, 2.24) is 10.2 Å². The Morgan fingerprint density at radius 3 is 2.86 bits per heavy atom. The number of nitrogens with zero attached hydrogens (tertiary/aromatic N) is 1. The van der Waals surface area contributed by atoms with Gasteiger partial charge in [0, 0.05) is 13.1 Å². The fourth-order valence-electron chi connectivity index (χ4n) is 1.83. The van der Waals surface area contributed by atoms with Crippen molar-refractivity contribution in [2.45, 2.75) is 26.7 Å². The highest BCUT2D eigenvalue weighted by molar-refractivity contribution is 5.78. The first kappa shape index (κ1) is 11.5. The van der Waals surface area contributed by atoms with E-state index in [9.17, 15) is 4.79 Å². The molecule has 1 atom stereocenters. The van der Waals surface area contributed by atoms with E-state index in [1.165, 1.54) is 0 Å². The van der Waals surface area contributed by atoms with Crippen molar-refractivity contribution in [3.05, 3.63) is 0 Å². The topological polar surface area (TPSA) is 32.3 Å². The number of hydrogen-bond donors (Lipinski definition) is 1. The zero-order valence-electron chi connectivity index (χ0n) is 9.55. The zero-order chi connectivity index (χ0) is 10.6. The molecule has 1 heterocycles. The second-order valence-electron chi connectivity index (χ2n) is 4.74. The summed E-state index contributed by atoms with van der Waals surface area (Å²) in [6, 6.07) is 0. The predicted octanol–water partition coefficient (Wildman–Crippen LogP) is 1.10. The van der Waals surface area contributed by atoms with E-state index in [1.54, 1.807) is 0 Å². The van der Waals surface area contributed by atoms with Crippen LogP contribution in [-0.2, 0) is 4.79 Å². The summed E-state index contributed by atoms with van der Waals surface area (Å²) in [5.41, 5.74) is 0. The molecular weight excluding hydrogens is 176 g/mol. The largest absolute Gasteiger partial charge is 0.356 e. The van der Waals surface area contributed by atoms with E-state index in [0.717, 1.165) is 32.5 Å². The summed E-state index contributed by atoms with van der Waals surface area (Å²) in [6.07, 6.45) is 2.20. The molecule has 1 amide bonds. The van der Waals surface area contributed by atoms with Crippen LogP contribution in [0.2, 0.25) is 0 Å². The zero-order valence-corrected chi connectivity index (χ0v) is 9.55. The molecule has 3 heteroatoms. The van der Waals surface area contributed by atoms with Crippen molar-refractivity contribution >= 4 is 5.91 Å². The lowest BCUT2D eigenvalue weighted by Crippen LogP contribution is -2.42. The van der Waals surface area contributed by atoms with E-state index >= 15 is 0 Å². The van der Waals surface area contributed by atoms with Crippen LogP contribution in [0.3, 0.4) is 0 Å². The fraction of sp³-hybridized carbons (Fsp3) is 0.909. The molecule has 3 nitrogen and oxygen atoms in total. The normalized spacial score (nSPS) is 23.9. The first-order valence-corrected chi connectivity index (χ1v) is 5.56. The maximum absolute atomic E-state index is 11.7. The van der Waals surface area contributed by atoms with Crippen LogP contribution >= 0.6 is 0 Å². The van der Waals surface area contributed by atoms with Crippen LogP contribution in [0, 0.1) is 11.8 Å². The van der Waals surface area contributed by atoms with Crippen molar-refractivity contribution in [3.63, 3.8) is 0 Å². The molecule has 1 saturated heterocycles. The molecule has 0 unspecified atom stereocenters. The van der Waals surface area contributed by atoms with Crippen molar-refractivity contribution in [3.8, 4) is 0 Å². The van der Waals surface area contributed by atoms with E-state index in [2.05, 4.69) is 31.1 Å². The first-order chi connectivity index (χ1) is 6.59. The monoisotopic (exact) mass is 198 g/mol. The van der Waals surface area contributed by atoms with E-state index in [1.807, 2.05) is 0 Å². The molecule has 1 aliphatic rings. The molecule has 1 fully saturated rings. The smallest absolute Gasteiger partial charge is 0.224 e. The average molecular weight is 198 g/mol. The summed E-state index contributed by atoms with van der Waals surface area (Å²) >= 11 is 0. The molecule has 82 valence electrons. The Morgan fingerprint density at radius 1 is 1.57 bits per heavy atom. The van der Waals surface area contributed by atoms with Crippen LogP contribution in [0.25, 0.3) is 0 Å². The maximum atomic E-state index is 11.7. The average Bonchev–Trinajstić information content (AvgIpc) is 2.14. The number of carbonyl (C=O) groups excluding carboxylic acids is 1. The van der Waals surface area contributed by atoms with Crippen molar-refractivity contribution in [2.24, 2.45) is 11.8 Å². The number of piperidine rings is 1. The fourth-order valence-corrected chi connectivity index (χ4v) is 1.83. The molecule has 0 aromatic rings. The standard InChI is InChI=1S/C11H22N2O/c1-9(2)7-12-11(14)10-5-4-6-13(3)8-10/h9-10H,4-8H2,1-3H3,(H,12,14)/t10-/m1/s1. The Balaban J connectivity index is 2.29. The van der Waals surface area contributed by atoms with Gasteiger partial charge in [0.2, 0.25) is 5.91 Å². The molecule has 1 rings (SSSR count). The highest BCUT2D eigenvalue weighted by Gasteiger charge is 2.23. The molecule has 0 saturated carbocycles. The minimum atomic E-state index is 0.215. The van der Waals surface area contributed by atoms with E-state index in [4.69, 9.17) is 0 Å². The summed E-state index contributed by atoms with van der Waals surface area (Å²) < 4.78 is 0. The maximum Gasteiger partial charge on any atom is 0.224 e. The number of likely N-dealkylation sites (tertiary alicyclic amines) is 1. The first-order valence-electron chi connectivity index (χ1n) is 5.56. The lowest BCUT2D eigenvalue weighted by atomic mass is 9.97. The van der Waals surface area contributed by atoms with Crippen molar-refractivity contribution in [1.29, 1.82) is 0 Å². The molecule has 0 aromatic heterocycles. The van der Waals surface area contributed by atoms with Gasteiger partial charge < -0.3 is 10.2 Å². The van der Waals surface area contributed by atoms with Gasteiger partial charge in [-0.1, -0.05) is 13.8 Å². The third kappa shape index (κ3) is 3.66. The molecular formula is C11H22N2O. The second kappa shape index (κ2) is 5.35. The number of nitrogens with one attached hydrogen (secondary N) is 1. The third-order valence-corrected chi connectivity index (χ3v) is 2.68. The van der Waals surface area contributed by atoms with Gasteiger partial charge in [-0.05, 0) is 32.4 Å². The Bertz CT molecular complexity index is 192. The van der Waals surface area contributed by atoms with Gasteiger partial charge in [0.15, 0.2) is 0 Å². The number of hydrogen-bond acceptors (Lipinski definition) is 2. The molecule has 0 spiro atoms. The Labute approximate surface area is 86.9 Å². The Hall–Kier alpha value is -0.570. The third-order valence-electron chi connectivity index (χ3n) is 2.68. The molecule has 1 N–H and O–H groups in total. The summed E-state index contributed by atoms with van der Waals surface area (Å²) in [4.78, 5) is 13.9. The summed E-state index contributed by atoms with van der Waals surface area (Å²) in [5, 5.41) is 3.01. The molecule has 0 bridgehead atoms. The van der Waals surface area contributed by atoms with Gasteiger partial charge in [-0.15, -0.1) is 0 Å².